The van der Waals surface area contributed by atoms with Crippen LogP contribution in [0.5, 0.6) is 0 Å². The fourth-order valence-corrected chi connectivity index (χ4v) is 1.17. The lowest BCUT2D eigenvalue weighted by atomic mass is 10.2. The first-order valence-corrected chi connectivity index (χ1v) is 5.69. The van der Waals surface area contributed by atoms with Gasteiger partial charge < -0.3 is 9.47 Å². The van der Waals surface area contributed by atoms with Gasteiger partial charge in [0.2, 0.25) is 0 Å². The standard InChI is InChI=1S/C12H16ClNO3/c1-12(2,3)17-7-6-16-11(15)9-4-5-10(13)14-8-9/h4-5,8H,6-7H2,1-3H3. The molecule has 0 aliphatic carbocycles. The molecule has 0 fully saturated rings. The van der Waals surface area contributed by atoms with Crippen molar-refractivity contribution in [2.75, 3.05) is 13.2 Å². The maximum atomic E-state index is 11.5. The summed E-state index contributed by atoms with van der Waals surface area (Å²) < 4.78 is 10.4. The fourth-order valence-electron chi connectivity index (χ4n) is 1.06. The van der Waals surface area contributed by atoms with Gasteiger partial charge in [0, 0.05) is 6.20 Å². The van der Waals surface area contributed by atoms with Crippen LogP contribution < -0.4 is 0 Å². The van der Waals surface area contributed by atoms with E-state index in [4.69, 9.17) is 21.1 Å². The van der Waals surface area contributed by atoms with Crippen LogP contribution in [0.2, 0.25) is 5.15 Å². The summed E-state index contributed by atoms with van der Waals surface area (Å²) in [5, 5.41) is 0.345. The van der Waals surface area contributed by atoms with Crippen LogP contribution in [0.25, 0.3) is 0 Å². The third-order valence-electron chi connectivity index (χ3n) is 1.81. The van der Waals surface area contributed by atoms with Crippen LogP contribution in [-0.2, 0) is 9.47 Å². The molecule has 1 rings (SSSR count). The van der Waals surface area contributed by atoms with Crippen LogP contribution in [-0.4, -0.2) is 29.8 Å². The van der Waals surface area contributed by atoms with Gasteiger partial charge in [0.25, 0.3) is 0 Å². The first kappa shape index (κ1) is 13.9. The van der Waals surface area contributed by atoms with Gasteiger partial charge in [0.1, 0.15) is 11.8 Å². The summed E-state index contributed by atoms with van der Waals surface area (Å²) in [5.41, 5.74) is 0.152. The van der Waals surface area contributed by atoms with E-state index in [1.54, 1.807) is 12.1 Å². The number of pyridine rings is 1. The van der Waals surface area contributed by atoms with Crippen molar-refractivity contribution in [2.45, 2.75) is 26.4 Å². The summed E-state index contributed by atoms with van der Waals surface area (Å²) >= 11 is 5.61. The molecule has 5 heteroatoms. The molecule has 0 radical (unpaired) electrons. The van der Waals surface area contributed by atoms with Gasteiger partial charge in [-0.05, 0) is 32.9 Å². The Labute approximate surface area is 106 Å². The summed E-state index contributed by atoms with van der Waals surface area (Å²) in [7, 11) is 0. The Hall–Kier alpha value is -1.13. The van der Waals surface area contributed by atoms with E-state index >= 15 is 0 Å². The van der Waals surface area contributed by atoms with E-state index < -0.39 is 5.97 Å². The highest BCUT2D eigenvalue weighted by Crippen LogP contribution is 2.08. The maximum Gasteiger partial charge on any atom is 0.339 e. The molecule has 1 aromatic heterocycles. The third kappa shape index (κ3) is 5.65. The minimum absolute atomic E-state index is 0.221. The molecule has 0 aromatic carbocycles. The molecule has 4 nitrogen and oxygen atoms in total. The predicted molar refractivity (Wildman–Crippen MR) is 65.2 cm³/mol. The first-order valence-electron chi connectivity index (χ1n) is 5.31. The van der Waals surface area contributed by atoms with E-state index in [1.165, 1.54) is 6.20 Å². The van der Waals surface area contributed by atoms with E-state index in [9.17, 15) is 4.79 Å². The number of nitrogens with zero attached hydrogens (tertiary/aromatic N) is 1. The monoisotopic (exact) mass is 257 g/mol. The van der Waals surface area contributed by atoms with Gasteiger partial charge in [-0.1, -0.05) is 11.6 Å². The van der Waals surface area contributed by atoms with Crippen LogP contribution in [0.15, 0.2) is 18.3 Å². The Bertz CT molecular complexity index is 370. The Balaban J connectivity index is 2.33. The minimum Gasteiger partial charge on any atom is -0.460 e. The molecule has 0 saturated heterocycles. The van der Waals surface area contributed by atoms with Gasteiger partial charge >= 0.3 is 5.97 Å². The number of hydrogen-bond donors (Lipinski definition) is 0. The smallest absolute Gasteiger partial charge is 0.339 e. The van der Waals surface area contributed by atoms with Crippen molar-refractivity contribution < 1.29 is 14.3 Å². The summed E-state index contributed by atoms with van der Waals surface area (Å²) in [6.07, 6.45) is 1.38. The highest BCUT2D eigenvalue weighted by atomic mass is 35.5. The van der Waals surface area contributed by atoms with Crippen molar-refractivity contribution in [3.8, 4) is 0 Å². The zero-order chi connectivity index (χ0) is 12.9. The largest absolute Gasteiger partial charge is 0.460 e. The molecule has 0 atom stereocenters. The van der Waals surface area contributed by atoms with Crippen molar-refractivity contribution in [2.24, 2.45) is 0 Å². The molecular formula is C12H16ClNO3. The highest BCUT2D eigenvalue weighted by Gasteiger charge is 2.11. The zero-order valence-corrected chi connectivity index (χ0v) is 11.0. The topological polar surface area (TPSA) is 48.4 Å². The van der Waals surface area contributed by atoms with E-state index in [1.807, 2.05) is 20.8 Å². The molecule has 17 heavy (non-hydrogen) atoms. The lowest BCUT2D eigenvalue weighted by molar-refractivity contribution is -0.0281. The number of carbonyl (C=O) groups is 1. The maximum absolute atomic E-state index is 11.5. The van der Waals surface area contributed by atoms with Crippen LogP contribution in [0.1, 0.15) is 31.1 Å². The van der Waals surface area contributed by atoms with E-state index in [2.05, 4.69) is 4.98 Å². The van der Waals surface area contributed by atoms with Crippen molar-refractivity contribution >= 4 is 17.6 Å². The normalized spacial score (nSPS) is 11.3. The van der Waals surface area contributed by atoms with Crippen LogP contribution in [0.4, 0.5) is 0 Å². The summed E-state index contributed by atoms with van der Waals surface area (Å²) in [5.74, 6) is -0.424. The quantitative estimate of drug-likeness (QED) is 0.473. The second kappa shape index (κ2) is 5.98. The minimum atomic E-state index is -0.424. The number of hydrogen-bond acceptors (Lipinski definition) is 4. The molecule has 94 valence electrons. The SMILES string of the molecule is CC(C)(C)OCCOC(=O)c1ccc(Cl)nc1. The molecule has 1 aromatic rings. The van der Waals surface area contributed by atoms with E-state index in [0.717, 1.165) is 0 Å². The summed E-state index contributed by atoms with van der Waals surface area (Å²) in [6, 6.07) is 3.12. The number of halogens is 1. The molecule has 0 amide bonds. The average Bonchev–Trinajstić information content (AvgIpc) is 2.24. The average molecular weight is 258 g/mol. The lowest BCUT2D eigenvalue weighted by Gasteiger charge is -2.19. The van der Waals surface area contributed by atoms with Gasteiger partial charge in [-0.25, -0.2) is 9.78 Å². The number of aromatic nitrogens is 1. The van der Waals surface area contributed by atoms with Gasteiger partial charge in [-0.3, -0.25) is 0 Å². The Morgan fingerprint density at radius 2 is 2.06 bits per heavy atom. The summed E-state index contributed by atoms with van der Waals surface area (Å²) in [6.45, 7) is 6.42. The first-order chi connectivity index (χ1) is 7.88. The number of carbonyl (C=O) groups excluding carboxylic acids is 1. The van der Waals surface area contributed by atoms with Crippen LogP contribution in [0.3, 0.4) is 0 Å². The molecule has 0 saturated carbocycles. The van der Waals surface area contributed by atoms with Crippen molar-refractivity contribution in [3.63, 3.8) is 0 Å². The Morgan fingerprint density at radius 1 is 1.35 bits per heavy atom. The number of ether oxygens (including phenoxy) is 2. The van der Waals surface area contributed by atoms with Gasteiger partial charge in [0.15, 0.2) is 0 Å². The van der Waals surface area contributed by atoms with E-state index in [-0.39, 0.29) is 12.2 Å². The third-order valence-corrected chi connectivity index (χ3v) is 2.04. The zero-order valence-electron chi connectivity index (χ0n) is 10.2. The second-order valence-corrected chi connectivity index (χ2v) is 4.85. The lowest BCUT2D eigenvalue weighted by Crippen LogP contribution is -2.22. The molecule has 0 N–H and O–H groups in total. The molecule has 0 aliphatic rings. The van der Waals surface area contributed by atoms with Gasteiger partial charge in [-0.15, -0.1) is 0 Å². The van der Waals surface area contributed by atoms with Crippen molar-refractivity contribution in [1.29, 1.82) is 0 Å². The Kier molecular flexibility index (Phi) is 4.90. The molecule has 0 spiro atoms. The predicted octanol–water partition coefficient (Wildman–Crippen LogP) is 2.71. The molecular weight excluding hydrogens is 242 g/mol. The van der Waals surface area contributed by atoms with Crippen LogP contribution >= 0.6 is 11.6 Å². The summed E-state index contributed by atoms with van der Waals surface area (Å²) in [4.78, 5) is 15.3. The van der Waals surface area contributed by atoms with Crippen LogP contribution in [0, 0.1) is 0 Å². The van der Waals surface area contributed by atoms with Gasteiger partial charge in [0.05, 0.1) is 17.8 Å². The molecule has 0 unspecified atom stereocenters. The highest BCUT2D eigenvalue weighted by molar-refractivity contribution is 6.29. The Morgan fingerprint density at radius 3 is 2.59 bits per heavy atom. The van der Waals surface area contributed by atoms with E-state index in [0.29, 0.717) is 17.3 Å². The second-order valence-electron chi connectivity index (χ2n) is 4.47. The fraction of sp³-hybridized carbons (Fsp3) is 0.500. The molecule has 0 bridgehead atoms. The van der Waals surface area contributed by atoms with Crippen molar-refractivity contribution in [3.05, 3.63) is 29.0 Å². The molecule has 0 aliphatic heterocycles. The number of esters is 1. The number of rotatable bonds is 4. The van der Waals surface area contributed by atoms with Gasteiger partial charge in [-0.2, -0.15) is 0 Å². The van der Waals surface area contributed by atoms with Crippen molar-refractivity contribution in [1.82, 2.24) is 4.98 Å². The molecule has 1 heterocycles.